The minimum atomic E-state index is -0.475. The summed E-state index contributed by atoms with van der Waals surface area (Å²) in [5.74, 6) is -0.306. The first-order valence-electron chi connectivity index (χ1n) is 7.00. The number of nitrogens with zero attached hydrogens (tertiary/aromatic N) is 3. The van der Waals surface area contributed by atoms with Crippen molar-refractivity contribution < 1.29 is 9.59 Å². The Kier molecular flexibility index (Phi) is 4.59. The molecular formula is C15H13ClN4O3S. The van der Waals surface area contributed by atoms with Crippen LogP contribution in [0.2, 0.25) is 5.02 Å². The molecule has 1 aromatic carbocycles. The van der Waals surface area contributed by atoms with Crippen LogP contribution in [0.3, 0.4) is 0 Å². The zero-order valence-electron chi connectivity index (χ0n) is 12.7. The number of nitrogens with one attached hydrogen (secondary N) is 1. The number of amides is 2. The van der Waals surface area contributed by atoms with Crippen LogP contribution in [0.4, 0.5) is 11.4 Å². The van der Waals surface area contributed by atoms with E-state index >= 15 is 0 Å². The summed E-state index contributed by atoms with van der Waals surface area (Å²) in [5.41, 5.74) is 0.306. The Bertz CT molecular complexity index is 883. The van der Waals surface area contributed by atoms with Crippen molar-refractivity contribution in [2.24, 2.45) is 0 Å². The summed E-state index contributed by atoms with van der Waals surface area (Å²) in [6.07, 6.45) is 1.50. The molecule has 0 unspecified atom stereocenters. The standard InChI is InChI=1S/C15H13ClN4O3S/c1-19-13(22)8-24-11-6-17-20(15(23)14(11)19)7-12(21)18-10-4-2-3-9(16)5-10/h2-6H,7-8H2,1H3,(H,18,21). The van der Waals surface area contributed by atoms with Crippen molar-refractivity contribution >= 4 is 46.6 Å². The first-order valence-corrected chi connectivity index (χ1v) is 8.37. The summed E-state index contributed by atoms with van der Waals surface area (Å²) in [4.78, 5) is 38.3. The smallest absolute Gasteiger partial charge is 0.292 e. The van der Waals surface area contributed by atoms with E-state index in [0.29, 0.717) is 15.6 Å². The van der Waals surface area contributed by atoms with Crippen LogP contribution in [0.25, 0.3) is 0 Å². The Morgan fingerprint density at radius 3 is 2.96 bits per heavy atom. The summed E-state index contributed by atoms with van der Waals surface area (Å²) in [6, 6.07) is 6.69. The Morgan fingerprint density at radius 2 is 2.21 bits per heavy atom. The highest BCUT2D eigenvalue weighted by Crippen LogP contribution is 2.30. The number of hydrogen-bond donors (Lipinski definition) is 1. The minimum Gasteiger partial charge on any atom is -0.324 e. The SMILES string of the molecule is CN1C(=O)CSc2cnn(CC(=O)Nc3cccc(Cl)c3)c(=O)c21. The van der Waals surface area contributed by atoms with Crippen LogP contribution >= 0.6 is 23.4 Å². The number of aromatic nitrogens is 2. The monoisotopic (exact) mass is 364 g/mol. The molecule has 24 heavy (non-hydrogen) atoms. The molecule has 0 atom stereocenters. The highest BCUT2D eigenvalue weighted by Gasteiger charge is 2.26. The summed E-state index contributed by atoms with van der Waals surface area (Å²) in [7, 11) is 1.54. The summed E-state index contributed by atoms with van der Waals surface area (Å²) >= 11 is 7.13. The van der Waals surface area contributed by atoms with E-state index in [-0.39, 0.29) is 23.9 Å². The number of hydrogen-bond acceptors (Lipinski definition) is 5. The number of fused-ring (bicyclic) bond motifs is 1. The van der Waals surface area contributed by atoms with Gasteiger partial charge in [-0.3, -0.25) is 14.4 Å². The molecule has 0 spiro atoms. The van der Waals surface area contributed by atoms with Gasteiger partial charge in [0.2, 0.25) is 11.8 Å². The van der Waals surface area contributed by atoms with Crippen molar-refractivity contribution in [3.8, 4) is 0 Å². The van der Waals surface area contributed by atoms with Gasteiger partial charge in [0.15, 0.2) is 0 Å². The van der Waals surface area contributed by atoms with Crippen LogP contribution in [0.15, 0.2) is 40.2 Å². The molecule has 124 valence electrons. The third kappa shape index (κ3) is 3.29. The van der Waals surface area contributed by atoms with E-state index in [1.807, 2.05) is 0 Å². The van der Waals surface area contributed by atoms with E-state index < -0.39 is 11.5 Å². The largest absolute Gasteiger partial charge is 0.324 e. The van der Waals surface area contributed by atoms with E-state index in [9.17, 15) is 14.4 Å². The highest BCUT2D eigenvalue weighted by atomic mass is 35.5. The average molecular weight is 365 g/mol. The van der Waals surface area contributed by atoms with Gasteiger partial charge in [-0.05, 0) is 18.2 Å². The molecule has 0 fully saturated rings. The molecule has 1 N–H and O–H groups in total. The van der Waals surface area contributed by atoms with Gasteiger partial charge in [-0.25, -0.2) is 4.68 Å². The van der Waals surface area contributed by atoms with E-state index in [0.717, 1.165) is 4.68 Å². The lowest BCUT2D eigenvalue weighted by Crippen LogP contribution is -2.40. The maximum absolute atomic E-state index is 12.5. The molecule has 9 heteroatoms. The number of carbonyl (C=O) groups excluding carboxylic acids is 2. The molecule has 0 bridgehead atoms. The fourth-order valence-electron chi connectivity index (χ4n) is 2.25. The minimum absolute atomic E-state index is 0.161. The van der Waals surface area contributed by atoms with Gasteiger partial charge in [-0.1, -0.05) is 17.7 Å². The van der Waals surface area contributed by atoms with Gasteiger partial charge >= 0.3 is 0 Å². The first kappa shape index (κ1) is 16.5. The van der Waals surface area contributed by atoms with Crippen molar-refractivity contribution in [2.45, 2.75) is 11.4 Å². The molecule has 0 saturated carbocycles. The van der Waals surface area contributed by atoms with Crippen LogP contribution < -0.4 is 15.8 Å². The molecule has 0 aliphatic carbocycles. The fourth-order valence-corrected chi connectivity index (χ4v) is 3.40. The number of rotatable bonds is 3. The van der Waals surface area contributed by atoms with Crippen molar-refractivity contribution in [3.63, 3.8) is 0 Å². The maximum atomic E-state index is 12.5. The van der Waals surface area contributed by atoms with E-state index in [1.54, 1.807) is 31.3 Å². The Labute approximate surface area is 146 Å². The lowest BCUT2D eigenvalue weighted by molar-refractivity contribution is -0.117. The molecule has 7 nitrogen and oxygen atoms in total. The van der Waals surface area contributed by atoms with Crippen molar-refractivity contribution in [1.29, 1.82) is 0 Å². The maximum Gasteiger partial charge on any atom is 0.292 e. The Morgan fingerprint density at radius 1 is 1.42 bits per heavy atom. The lowest BCUT2D eigenvalue weighted by atomic mass is 10.3. The second-order valence-electron chi connectivity index (χ2n) is 5.12. The van der Waals surface area contributed by atoms with Gasteiger partial charge in [0.05, 0.1) is 16.8 Å². The van der Waals surface area contributed by atoms with E-state index in [4.69, 9.17) is 11.6 Å². The first-order chi connectivity index (χ1) is 11.5. The Hall–Kier alpha value is -2.32. The van der Waals surface area contributed by atoms with Crippen LogP contribution in [0, 0.1) is 0 Å². The number of thioether (sulfide) groups is 1. The van der Waals surface area contributed by atoms with Crippen molar-refractivity contribution in [2.75, 3.05) is 23.0 Å². The quantitative estimate of drug-likeness (QED) is 0.894. The van der Waals surface area contributed by atoms with Crippen molar-refractivity contribution in [1.82, 2.24) is 9.78 Å². The molecule has 1 aromatic heterocycles. The number of anilines is 2. The van der Waals surface area contributed by atoms with Gasteiger partial charge in [-0.15, -0.1) is 11.8 Å². The predicted octanol–water partition coefficient (Wildman–Crippen LogP) is 1.60. The van der Waals surface area contributed by atoms with Gasteiger partial charge in [0.25, 0.3) is 5.56 Å². The number of carbonyl (C=O) groups is 2. The molecule has 1 aliphatic heterocycles. The lowest BCUT2D eigenvalue weighted by Gasteiger charge is -2.24. The van der Waals surface area contributed by atoms with Crippen LogP contribution in [-0.4, -0.2) is 34.4 Å². The average Bonchev–Trinajstić information content (AvgIpc) is 2.53. The topological polar surface area (TPSA) is 84.3 Å². The molecule has 3 rings (SSSR count). The van der Waals surface area contributed by atoms with Crippen LogP contribution in [0.1, 0.15) is 0 Å². The second-order valence-corrected chi connectivity index (χ2v) is 6.57. The number of benzene rings is 1. The van der Waals surface area contributed by atoms with Gasteiger partial charge in [-0.2, -0.15) is 5.10 Å². The van der Waals surface area contributed by atoms with Crippen molar-refractivity contribution in [3.05, 3.63) is 45.8 Å². The molecular weight excluding hydrogens is 352 g/mol. The van der Waals surface area contributed by atoms with Gasteiger partial charge < -0.3 is 10.2 Å². The van der Waals surface area contributed by atoms with Crippen LogP contribution in [0.5, 0.6) is 0 Å². The van der Waals surface area contributed by atoms with Gasteiger partial charge in [0.1, 0.15) is 12.2 Å². The third-order valence-corrected chi connectivity index (χ3v) is 4.68. The number of halogens is 1. The van der Waals surface area contributed by atoms with E-state index in [1.165, 1.54) is 22.9 Å². The predicted molar refractivity (Wildman–Crippen MR) is 92.7 cm³/mol. The summed E-state index contributed by atoms with van der Waals surface area (Å²) in [5, 5.41) is 7.15. The van der Waals surface area contributed by atoms with Crippen LogP contribution in [-0.2, 0) is 16.1 Å². The molecule has 2 aromatic rings. The molecule has 1 aliphatic rings. The fraction of sp³-hybridized carbons (Fsp3) is 0.200. The summed E-state index contributed by atoms with van der Waals surface area (Å²) < 4.78 is 1.04. The van der Waals surface area contributed by atoms with E-state index in [2.05, 4.69) is 10.4 Å². The molecule has 2 heterocycles. The summed E-state index contributed by atoms with van der Waals surface area (Å²) in [6.45, 7) is -0.259. The third-order valence-electron chi connectivity index (χ3n) is 3.45. The second kappa shape index (κ2) is 6.66. The molecule has 0 radical (unpaired) electrons. The molecule has 2 amide bonds. The normalized spacial score (nSPS) is 13.6. The zero-order valence-corrected chi connectivity index (χ0v) is 14.2. The zero-order chi connectivity index (χ0) is 17.3. The Balaban J connectivity index is 1.82. The van der Waals surface area contributed by atoms with Gasteiger partial charge in [0, 0.05) is 17.8 Å². The highest BCUT2D eigenvalue weighted by molar-refractivity contribution is 8.00. The molecule has 0 saturated heterocycles.